The molecule has 5 heteroatoms. The number of hydrogen-bond acceptors (Lipinski definition) is 1. The van der Waals surface area contributed by atoms with Gasteiger partial charge in [0.05, 0.1) is 0 Å². The van der Waals surface area contributed by atoms with Gasteiger partial charge in [-0.1, -0.05) is 12.1 Å². The Morgan fingerprint density at radius 3 is 1.73 bits per heavy atom. The number of thiol groups is 1. The maximum absolute atomic E-state index is 12.2. The highest BCUT2D eigenvalue weighted by molar-refractivity contribution is 7.80. The zero-order valence-corrected chi connectivity index (χ0v) is 6.25. The smallest absolute Gasteiger partial charge is 0.136 e. The van der Waals surface area contributed by atoms with Gasteiger partial charge in [-0.15, -0.1) is 12.6 Å². The molecule has 0 saturated carbocycles. The van der Waals surface area contributed by atoms with Gasteiger partial charge in [0.25, 0.3) is 0 Å². The molecule has 0 unspecified atom stereocenters. The maximum Gasteiger partial charge on any atom is 0.136 e. The third-order valence-electron chi connectivity index (χ3n) is 0.852. The van der Waals surface area contributed by atoms with Crippen LogP contribution in [0.25, 0.3) is 0 Å². The van der Waals surface area contributed by atoms with Gasteiger partial charge in [-0.05, 0) is 12.1 Å². The molecule has 0 bridgehead atoms. The molecule has 0 aliphatic rings. The van der Waals surface area contributed by atoms with Crippen LogP contribution in [-0.2, 0) is 0 Å². The number of halogens is 4. The molecule has 11 heavy (non-hydrogen) atoms. The average molecular weight is 188 g/mol. The van der Waals surface area contributed by atoms with E-state index in [0.717, 1.165) is 0 Å². The SMILES string of the molecule is F.F.F.Fc1ccccc1S. The standard InChI is InChI=1S/C6H5FS.3FH/c7-5-3-1-2-4-6(5)8;;;/h1-4,8H;3*1H. The third kappa shape index (κ3) is 4.66. The summed E-state index contributed by atoms with van der Waals surface area (Å²) in [6, 6.07) is 6.36. The maximum atomic E-state index is 12.2. The Morgan fingerprint density at radius 2 is 1.45 bits per heavy atom. The summed E-state index contributed by atoms with van der Waals surface area (Å²) in [4.78, 5) is 0.396. The Hall–Kier alpha value is -0.710. The van der Waals surface area contributed by atoms with Crippen LogP contribution in [0.5, 0.6) is 0 Å². The van der Waals surface area contributed by atoms with Crippen LogP contribution in [0, 0.1) is 5.82 Å². The number of hydrogen-bond donors (Lipinski definition) is 1. The van der Waals surface area contributed by atoms with Gasteiger partial charge in [0.2, 0.25) is 0 Å². The topological polar surface area (TPSA) is 0 Å². The van der Waals surface area contributed by atoms with Crippen LogP contribution >= 0.6 is 12.6 Å². The van der Waals surface area contributed by atoms with Gasteiger partial charge >= 0.3 is 0 Å². The fourth-order valence-electron chi connectivity index (χ4n) is 0.452. The molecule has 1 rings (SSSR count). The van der Waals surface area contributed by atoms with Crippen molar-refractivity contribution in [2.75, 3.05) is 0 Å². The zero-order chi connectivity index (χ0) is 5.98. The van der Waals surface area contributed by atoms with Crippen molar-refractivity contribution in [2.24, 2.45) is 0 Å². The number of rotatable bonds is 0. The van der Waals surface area contributed by atoms with Crippen molar-refractivity contribution in [3.05, 3.63) is 30.1 Å². The highest BCUT2D eigenvalue weighted by Gasteiger charge is 1.89. The second-order valence-corrected chi connectivity index (χ2v) is 1.93. The summed E-state index contributed by atoms with van der Waals surface area (Å²) in [6.45, 7) is 0. The molecule has 1 aromatic rings. The van der Waals surface area contributed by atoms with Crippen LogP contribution in [0.2, 0.25) is 0 Å². The molecule has 0 aliphatic heterocycles. The van der Waals surface area contributed by atoms with Crippen LogP contribution in [-0.4, -0.2) is 0 Å². The molecule has 0 nitrogen and oxygen atoms in total. The zero-order valence-electron chi connectivity index (χ0n) is 5.36. The van der Waals surface area contributed by atoms with E-state index in [4.69, 9.17) is 0 Å². The second-order valence-electron chi connectivity index (χ2n) is 1.45. The van der Waals surface area contributed by atoms with E-state index in [-0.39, 0.29) is 19.9 Å². The Kier molecular flexibility index (Phi) is 11.2. The Balaban J connectivity index is -0.000000213. The first-order chi connectivity index (χ1) is 3.80. The fourth-order valence-corrected chi connectivity index (χ4v) is 0.612. The summed E-state index contributed by atoms with van der Waals surface area (Å²) in [5.41, 5.74) is 0. The average Bonchev–Trinajstić information content (AvgIpc) is 1.77. The van der Waals surface area contributed by atoms with Crippen LogP contribution in [0.15, 0.2) is 29.2 Å². The van der Waals surface area contributed by atoms with Crippen molar-refractivity contribution >= 4 is 12.6 Å². The van der Waals surface area contributed by atoms with Gasteiger partial charge in [-0.3, -0.25) is 14.1 Å². The van der Waals surface area contributed by atoms with Crippen molar-refractivity contribution in [1.82, 2.24) is 0 Å². The molecule has 0 amide bonds. The van der Waals surface area contributed by atoms with Crippen molar-refractivity contribution in [1.29, 1.82) is 0 Å². The first-order valence-electron chi connectivity index (χ1n) is 2.24. The van der Waals surface area contributed by atoms with E-state index < -0.39 is 0 Å². The summed E-state index contributed by atoms with van der Waals surface area (Å²) >= 11 is 3.82. The number of benzene rings is 1. The molecular weight excluding hydrogens is 180 g/mol. The van der Waals surface area contributed by atoms with E-state index in [1.165, 1.54) is 6.07 Å². The molecule has 66 valence electrons. The van der Waals surface area contributed by atoms with Crippen LogP contribution in [0.1, 0.15) is 0 Å². The van der Waals surface area contributed by atoms with Gasteiger partial charge in [-0.25, -0.2) is 4.39 Å². The molecule has 0 fully saturated rings. The van der Waals surface area contributed by atoms with Crippen LogP contribution < -0.4 is 0 Å². The summed E-state index contributed by atoms with van der Waals surface area (Å²) in [6.07, 6.45) is 0. The fraction of sp³-hybridized carbons (Fsp3) is 0. The van der Waals surface area contributed by atoms with E-state index in [1.807, 2.05) is 0 Å². The third-order valence-corrected chi connectivity index (χ3v) is 1.22. The van der Waals surface area contributed by atoms with Gasteiger partial charge < -0.3 is 0 Å². The molecular formula is C6H8F4S. The van der Waals surface area contributed by atoms with E-state index in [2.05, 4.69) is 12.6 Å². The normalized spacial score (nSPS) is 6.73. The summed E-state index contributed by atoms with van der Waals surface area (Å²) in [7, 11) is 0. The predicted octanol–water partition coefficient (Wildman–Crippen LogP) is 2.57. The molecule has 0 spiro atoms. The molecule has 0 heterocycles. The molecule has 1 aromatic carbocycles. The minimum absolute atomic E-state index is 0. The van der Waals surface area contributed by atoms with Crippen LogP contribution in [0.4, 0.5) is 18.5 Å². The molecule has 0 N–H and O–H groups in total. The Bertz CT molecular complexity index is 171. The monoisotopic (exact) mass is 188 g/mol. The summed E-state index contributed by atoms with van der Waals surface area (Å²) in [5, 5.41) is 0. The van der Waals surface area contributed by atoms with Gasteiger partial charge in [0.1, 0.15) is 5.82 Å². The van der Waals surface area contributed by atoms with Gasteiger partial charge in [0.15, 0.2) is 0 Å². The molecule has 0 aliphatic carbocycles. The highest BCUT2D eigenvalue weighted by Crippen LogP contribution is 2.08. The van der Waals surface area contributed by atoms with Crippen molar-refractivity contribution in [3.63, 3.8) is 0 Å². The lowest BCUT2D eigenvalue weighted by Gasteiger charge is -1.88. The van der Waals surface area contributed by atoms with E-state index >= 15 is 0 Å². The van der Waals surface area contributed by atoms with E-state index in [9.17, 15) is 4.39 Å². The minimum atomic E-state index is -0.268. The quantitative estimate of drug-likeness (QED) is 0.469. The second kappa shape index (κ2) is 7.40. The van der Waals surface area contributed by atoms with Gasteiger partial charge in [0, 0.05) is 4.90 Å². The highest BCUT2D eigenvalue weighted by atomic mass is 32.1. The Morgan fingerprint density at radius 1 is 1.00 bits per heavy atom. The van der Waals surface area contributed by atoms with E-state index in [0.29, 0.717) is 4.90 Å². The van der Waals surface area contributed by atoms with Crippen molar-refractivity contribution in [2.45, 2.75) is 4.90 Å². The van der Waals surface area contributed by atoms with Crippen molar-refractivity contribution < 1.29 is 18.5 Å². The predicted molar refractivity (Wildman–Crippen MR) is 41.2 cm³/mol. The lowest BCUT2D eigenvalue weighted by Crippen LogP contribution is -1.71. The largest absolute Gasteiger partial charge is 0.269 e. The van der Waals surface area contributed by atoms with E-state index in [1.54, 1.807) is 18.2 Å². The summed E-state index contributed by atoms with van der Waals surface area (Å²) < 4.78 is 12.2. The Labute approximate surface area is 66.9 Å². The van der Waals surface area contributed by atoms with Gasteiger partial charge in [-0.2, -0.15) is 0 Å². The first-order valence-corrected chi connectivity index (χ1v) is 2.69. The molecule has 0 radical (unpaired) electrons. The van der Waals surface area contributed by atoms with Crippen molar-refractivity contribution in [3.8, 4) is 0 Å². The molecule has 0 saturated heterocycles. The first kappa shape index (κ1) is 16.7. The molecule has 0 aromatic heterocycles. The molecule has 0 atom stereocenters. The summed E-state index contributed by atoms with van der Waals surface area (Å²) in [5.74, 6) is -0.268. The lowest BCUT2D eigenvalue weighted by molar-refractivity contribution is 0.602. The van der Waals surface area contributed by atoms with Crippen LogP contribution in [0.3, 0.4) is 0 Å². The lowest BCUT2D eigenvalue weighted by atomic mass is 10.4. The minimum Gasteiger partial charge on any atom is -0.269 e.